The van der Waals surface area contributed by atoms with E-state index in [1.54, 1.807) is 27.6 Å². The molecule has 2 aromatic heterocycles. The van der Waals surface area contributed by atoms with Crippen molar-refractivity contribution in [2.24, 2.45) is 0 Å². The Kier molecular flexibility index (Phi) is 7.58. The normalized spacial score (nSPS) is 13.6. The number of piperazine rings is 1. The molecule has 0 saturated carbocycles. The van der Waals surface area contributed by atoms with Crippen LogP contribution < -0.4 is 0 Å². The standard InChI is InChI=1S/C24H26N4O5S/c1-2-32-24(31)27-12-10-26(11-13-27)21(29)17-33-23(30)19-16-28(15-18-7-4-3-5-8-18)25-22(19)20-9-6-14-34-20/h3-9,14,16H,2,10-13,15,17H2,1H3. The van der Waals surface area contributed by atoms with Crippen LogP contribution in [0.15, 0.2) is 54.0 Å². The lowest BCUT2D eigenvalue weighted by Gasteiger charge is -2.33. The lowest BCUT2D eigenvalue weighted by atomic mass is 10.2. The minimum Gasteiger partial charge on any atom is -0.452 e. The number of thiophene rings is 1. The molecule has 10 heteroatoms. The molecule has 34 heavy (non-hydrogen) atoms. The Morgan fingerprint density at radius 3 is 2.38 bits per heavy atom. The number of carbonyl (C=O) groups is 3. The molecule has 0 unspecified atom stereocenters. The molecule has 1 aliphatic rings. The lowest BCUT2D eigenvalue weighted by molar-refractivity contribution is -0.136. The van der Waals surface area contributed by atoms with Gasteiger partial charge in [-0.1, -0.05) is 36.4 Å². The highest BCUT2D eigenvalue weighted by Crippen LogP contribution is 2.27. The van der Waals surface area contributed by atoms with Crippen molar-refractivity contribution < 1.29 is 23.9 Å². The van der Waals surface area contributed by atoms with E-state index >= 15 is 0 Å². The fraction of sp³-hybridized carbons (Fsp3) is 0.333. The number of amides is 2. The Morgan fingerprint density at radius 2 is 1.71 bits per heavy atom. The molecule has 1 saturated heterocycles. The predicted molar refractivity (Wildman–Crippen MR) is 127 cm³/mol. The first-order valence-electron chi connectivity index (χ1n) is 11.1. The number of aromatic nitrogens is 2. The molecule has 1 aromatic carbocycles. The van der Waals surface area contributed by atoms with Crippen molar-refractivity contribution in [3.8, 4) is 10.6 Å². The Hall–Kier alpha value is -3.66. The first-order chi connectivity index (χ1) is 16.5. The monoisotopic (exact) mass is 482 g/mol. The van der Waals surface area contributed by atoms with Gasteiger partial charge in [-0.2, -0.15) is 5.10 Å². The summed E-state index contributed by atoms with van der Waals surface area (Å²) in [5.41, 5.74) is 1.91. The van der Waals surface area contributed by atoms with E-state index in [0.717, 1.165) is 10.4 Å². The molecule has 0 atom stereocenters. The zero-order valence-corrected chi connectivity index (χ0v) is 19.7. The van der Waals surface area contributed by atoms with Crippen molar-refractivity contribution in [2.75, 3.05) is 39.4 Å². The summed E-state index contributed by atoms with van der Waals surface area (Å²) in [5.74, 6) is -0.896. The SMILES string of the molecule is CCOC(=O)N1CCN(C(=O)COC(=O)c2cn(Cc3ccccc3)nc2-c2cccs2)CC1. The molecule has 178 valence electrons. The van der Waals surface area contributed by atoms with Crippen LogP contribution in [0.5, 0.6) is 0 Å². The Morgan fingerprint density at radius 1 is 0.971 bits per heavy atom. The summed E-state index contributed by atoms with van der Waals surface area (Å²) in [7, 11) is 0. The van der Waals surface area contributed by atoms with E-state index in [9.17, 15) is 14.4 Å². The average molecular weight is 483 g/mol. The number of nitrogens with zero attached hydrogens (tertiary/aromatic N) is 4. The van der Waals surface area contributed by atoms with Crippen molar-refractivity contribution in [1.82, 2.24) is 19.6 Å². The fourth-order valence-electron chi connectivity index (χ4n) is 3.67. The van der Waals surface area contributed by atoms with Crippen LogP contribution in [0, 0.1) is 0 Å². The summed E-state index contributed by atoms with van der Waals surface area (Å²) in [6.45, 7) is 3.70. The zero-order valence-electron chi connectivity index (χ0n) is 18.9. The minimum atomic E-state index is -0.596. The molecule has 0 spiro atoms. The van der Waals surface area contributed by atoms with Gasteiger partial charge in [-0.15, -0.1) is 11.3 Å². The van der Waals surface area contributed by atoms with Gasteiger partial charge in [0, 0.05) is 32.4 Å². The third-order valence-electron chi connectivity index (χ3n) is 5.41. The molecule has 2 amide bonds. The smallest absolute Gasteiger partial charge is 0.409 e. The van der Waals surface area contributed by atoms with Crippen LogP contribution >= 0.6 is 11.3 Å². The van der Waals surface area contributed by atoms with Gasteiger partial charge in [0.15, 0.2) is 6.61 Å². The zero-order chi connectivity index (χ0) is 23.9. The third kappa shape index (κ3) is 5.63. The molecule has 0 radical (unpaired) electrons. The highest BCUT2D eigenvalue weighted by Gasteiger charge is 2.26. The van der Waals surface area contributed by atoms with Crippen LogP contribution in [0.1, 0.15) is 22.8 Å². The maximum absolute atomic E-state index is 12.9. The van der Waals surface area contributed by atoms with E-state index in [1.807, 2.05) is 47.8 Å². The van der Waals surface area contributed by atoms with E-state index in [2.05, 4.69) is 5.10 Å². The van der Waals surface area contributed by atoms with Gasteiger partial charge in [0.2, 0.25) is 0 Å². The van der Waals surface area contributed by atoms with Crippen molar-refractivity contribution >= 4 is 29.3 Å². The number of rotatable bonds is 7. The molecular weight excluding hydrogens is 456 g/mol. The highest BCUT2D eigenvalue weighted by molar-refractivity contribution is 7.13. The van der Waals surface area contributed by atoms with E-state index in [0.29, 0.717) is 50.6 Å². The Balaban J connectivity index is 1.38. The predicted octanol–water partition coefficient (Wildman–Crippen LogP) is 3.12. The first kappa shape index (κ1) is 23.5. The van der Waals surface area contributed by atoms with Crippen LogP contribution in [0.25, 0.3) is 10.6 Å². The second-order valence-electron chi connectivity index (χ2n) is 7.69. The number of esters is 1. The van der Waals surface area contributed by atoms with Crippen molar-refractivity contribution in [1.29, 1.82) is 0 Å². The maximum Gasteiger partial charge on any atom is 0.409 e. The van der Waals surface area contributed by atoms with Gasteiger partial charge in [-0.05, 0) is 23.9 Å². The van der Waals surface area contributed by atoms with Gasteiger partial charge in [0.1, 0.15) is 11.3 Å². The summed E-state index contributed by atoms with van der Waals surface area (Å²) in [6.07, 6.45) is 1.28. The van der Waals surface area contributed by atoms with Crippen LogP contribution in [0.3, 0.4) is 0 Å². The summed E-state index contributed by atoms with van der Waals surface area (Å²) in [5, 5.41) is 6.52. The molecular formula is C24H26N4O5S. The summed E-state index contributed by atoms with van der Waals surface area (Å²) in [6, 6.07) is 13.6. The van der Waals surface area contributed by atoms with E-state index in [1.165, 1.54) is 11.3 Å². The summed E-state index contributed by atoms with van der Waals surface area (Å²) >= 11 is 1.48. The molecule has 0 N–H and O–H groups in total. The van der Waals surface area contributed by atoms with Crippen molar-refractivity contribution in [3.05, 3.63) is 65.2 Å². The van der Waals surface area contributed by atoms with Gasteiger partial charge in [0.05, 0.1) is 18.0 Å². The molecule has 3 heterocycles. The Labute approximate surface area is 201 Å². The van der Waals surface area contributed by atoms with Crippen molar-refractivity contribution in [3.63, 3.8) is 0 Å². The molecule has 0 aliphatic carbocycles. The number of hydrogen-bond acceptors (Lipinski definition) is 7. The number of ether oxygens (including phenoxy) is 2. The first-order valence-corrected chi connectivity index (χ1v) is 11.9. The largest absolute Gasteiger partial charge is 0.452 e. The molecule has 4 rings (SSSR count). The highest BCUT2D eigenvalue weighted by atomic mass is 32.1. The molecule has 1 fully saturated rings. The van der Waals surface area contributed by atoms with Crippen molar-refractivity contribution in [2.45, 2.75) is 13.5 Å². The minimum absolute atomic E-state index is 0.300. The third-order valence-corrected chi connectivity index (χ3v) is 6.29. The van der Waals surface area contributed by atoms with Gasteiger partial charge in [-0.25, -0.2) is 9.59 Å². The topological polar surface area (TPSA) is 94.0 Å². The maximum atomic E-state index is 12.9. The Bertz CT molecular complexity index is 1120. The fourth-order valence-corrected chi connectivity index (χ4v) is 4.39. The van der Waals surface area contributed by atoms with Gasteiger partial charge in [0.25, 0.3) is 5.91 Å². The quantitative estimate of drug-likeness (QED) is 0.481. The summed E-state index contributed by atoms with van der Waals surface area (Å²) < 4.78 is 12.1. The molecule has 1 aliphatic heterocycles. The van der Waals surface area contributed by atoms with E-state index < -0.39 is 5.97 Å². The van der Waals surface area contributed by atoms with E-state index in [4.69, 9.17) is 9.47 Å². The summed E-state index contributed by atoms with van der Waals surface area (Å²) in [4.78, 5) is 41.3. The number of carbonyl (C=O) groups excluding carboxylic acids is 3. The molecule has 0 bridgehead atoms. The second-order valence-corrected chi connectivity index (χ2v) is 8.64. The van der Waals surface area contributed by atoms with Crippen LogP contribution in [-0.4, -0.2) is 76.9 Å². The van der Waals surface area contributed by atoms with Crippen LogP contribution in [0.2, 0.25) is 0 Å². The second kappa shape index (κ2) is 11.0. The van der Waals surface area contributed by atoms with Gasteiger partial charge < -0.3 is 19.3 Å². The van der Waals surface area contributed by atoms with Gasteiger partial charge >= 0.3 is 12.1 Å². The lowest BCUT2D eigenvalue weighted by Crippen LogP contribution is -2.51. The van der Waals surface area contributed by atoms with Gasteiger partial charge in [-0.3, -0.25) is 9.48 Å². The van der Waals surface area contributed by atoms with E-state index in [-0.39, 0.29) is 18.6 Å². The molecule has 9 nitrogen and oxygen atoms in total. The number of benzene rings is 1. The number of hydrogen-bond donors (Lipinski definition) is 0. The van der Waals surface area contributed by atoms with Crippen LogP contribution in [-0.2, 0) is 20.8 Å². The average Bonchev–Trinajstić information content (AvgIpc) is 3.53. The van der Waals surface area contributed by atoms with Crippen LogP contribution in [0.4, 0.5) is 4.79 Å². The molecule has 3 aromatic rings.